The van der Waals surface area contributed by atoms with Crippen molar-refractivity contribution in [3.63, 3.8) is 0 Å². The van der Waals surface area contributed by atoms with Crippen molar-refractivity contribution in [2.75, 3.05) is 13.2 Å². The molecule has 0 spiro atoms. The van der Waals surface area contributed by atoms with E-state index in [2.05, 4.69) is 12.2 Å². The normalized spacial score (nSPS) is 34.8. The van der Waals surface area contributed by atoms with E-state index in [4.69, 9.17) is 10.5 Å². The summed E-state index contributed by atoms with van der Waals surface area (Å²) >= 11 is 0. The monoisotopic (exact) mass is 268 g/mol. The molecule has 1 saturated heterocycles. The molecule has 0 bridgehead atoms. The summed E-state index contributed by atoms with van der Waals surface area (Å²) in [4.78, 5) is 12.4. The van der Waals surface area contributed by atoms with Crippen LogP contribution in [0.15, 0.2) is 0 Å². The molecule has 0 aromatic heterocycles. The van der Waals surface area contributed by atoms with E-state index in [1.807, 2.05) is 6.92 Å². The Bertz CT molecular complexity index is 313. The van der Waals surface area contributed by atoms with Crippen LogP contribution >= 0.6 is 0 Å². The Balaban J connectivity index is 1.90. The molecule has 1 heterocycles. The third kappa shape index (κ3) is 3.29. The fourth-order valence-corrected chi connectivity index (χ4v) is 3.22. The third-order valence-electron chi connectivity index (χ3n) is 5.00. The number of amides is 1. The highest BCUT2D eigenvalue weighted by atomic mass is 16.5. The van der Waals surface area contributed by atoms with Crippen LogP contribution in [0.1, 0.15) is 52.4 Å². The van der Waals surface area contributed by atoms with E-state index in [1.54, 1.807) is 0 Å². The summed E-state index contributed by atoms with van der Waals surface area (Å²) in [7, 11) is 0. The summed E-state index contributed by atoms with van der Waals surface area (Å²) in [6.45, 7) is 4.98. The maximum atomic E-state index is 12.4. The number of hydrogen-bond acceptors (Lipinski definition) is 3. The van der Waals surface area contributed by atoms with Crippen molar-refractivity contribution in [1.82, 2.24) is 5.32 Å². The first kappa shape index (κ1) is 14.8. The molecule has 3 atom stereocenters. The summed E-state index contributed by atoms with van der Waals surface area (Å²) in [6, 6.07) is 0.0593. The lowest BCUT2D eigenvalue weighted by Crippen LogP contribution is -2.53. The topological polar surface area (TPSA) is 64.3 Å². The molecule has 1 aliphatic carbocycles. The van der Waals surface area contributed by atoms with Crippen LogP contribution < -0.4 is 11.1 Å². The van der Waals surface area contributed by atoms with Crippen molar-refractivity contribution in [2.45, 2.75) is 64.5 Å². The average Bonchev–Trinajstić information content (AvgIpc) is 2.60. The van der Waals surface area contributed by atoms with Gasteiger partial charge in [-0.1, -0.05) is 25.7 Å². The molecule has 1 aliphatic heterocycles. The van der Waals surface area contributed by atoms with E-state index in [0.717, 1.165) is 0 Å². The molecule has 3 N–H and O–H groups in total. The van der Waals surface area contributed by atoms with Gasteiger partial charge in [-0.05, 0) is 32.6 Å². The van der Waals surface area contributed by atoms with Gasteiger partial charge in [-0.3, -0.25) is 4.79 Å². The maximum Gasteiger partial charge on any atom is 0.230 e. The molecular weight excluding hydrogens is 240 g/mol. The van der Waals surface area contributed by atoms with Gasteiger partial charge in [0.15, 0.2) is 0 Å². The minimum Gasteiger partial charge on any atom is -0.379 e. The lowest BCUT2D eigenvalue weighted by Gasteiger charge is -2.30. The number of carbonyl (C=O) groups is 1. The lowest BCUT2D eigenvalue weighted by atomic mass is 9.83. The second-order valence-electron chi connectivity index (χ2n) is 6.55. The molecule has 4 nitrogen and oxygen atoms in total. The average molecular weight is 268 g/mol. The van der Waals surface area contributed by atoms with Crippen molar-refractivity contribution in [1.29, 1.82) is 0 Å². The third-order valence-corrected chi connectivity index (χ3v) is 5.00. The van der Waals surface area contributed by atoms with Crippen LogP contribution in [0.5, 0.6) is 0 Å². The minimum absolute atomic E-state index is 0.0641. The van der Waals surface area contributed by atoms with Crippen molar-refractivity contribution < 1.29 is 9.53 Å². The Morgan fingerprint density at radius 2 is 1.95 bits per heavy atom. The molecule has 1 amide bonds. The molecule has 2 unspecified atom stereocenters. The summed E-state index contributed by atoms with van der Waals surface area (Å²) in [5.74, 6) is 0.683. The van der Waals surface area contributed by atoms with Gasteiger partial charge in [-0.15, -0.1) is 0 Å². The molecule has 4 heteroatoms. The molecule has 2 fully saturated rings. The van der Waals surface area contributed by atoms with Gasteiger partial charge < -0.3 is 15.8 Å². The Hall–Kier alpha value is -0.610. The molecule has 0 aromatic carbocycles. The Labute approximate surface area is 116 Å². The number of hydrogen-bond donors (Lipinski definition) is 2. The molecule has 19 heavy (non-hydrogen) atoms. The van der Waals surface area contributed by atoms with Gasteiger partial charge in [0.25, 0.3) is 0 Å². The van der Waals surface area contributed by atoms with Crippen LogP contribution in [-0.4, -0.2) is 31.2 Å². The molecule has 0 radical (unpaired) electrons. The van der Waals surface area contributed by atoms with Crippen LogP contribution in [0.4, 0.5) is 0 Å². The van der Waals surface area contributed by atoms with Crippen molar-refractivity contribution in [3.8, 4) is 0 Å². The first-order chi connectivity index (χ1) is 9.04. The van der Waals surface area contributed by atoms with Crippen LogP contribution in [0.25, 0.3) is 0 Å². The Morgan fingerprint density at radius 3 is 2.47 bits per heavy atom. The van der Waals surface area contributed by atoms with Gasteiger partial charge in [0.1, 0.15) is 0 Å². The van der Waals surface area contributed by atoms with Crippen LogP contribution in [0.3, 0.4) is 0 Å². The smallest absolute Gasteiger partial charge is 0.230 e. The van der Waals surface area contributed by atoms with Crippen LogP contribution in [0.2, 0.25) is 0 Å². The zero-order valence-corrected chi connectivity index (χ0v) is 12.3. The van der Waals surface area contributed by atoms with Crippen molar-refractivity contribution in [2.24, 2.45) is 17.1 Å². The summed E-state index contributed by atoms with van der Waals surface area (Å²) in [5.41, 5.74) is 5.45. The predicted molar refractivity (Wildman–Crippen MR) is 75.7 cm³/mol. The molecular formula is C15H28N2O2. The van der Waals surface area contributed by atoms with E-state index in [9.17, 15) is 4.79 Å². The predicted octanol–water partition coefficient (Wildman–Crippen LogP) is 1.83. The fraction of sp³-hybridized carbons (Fsp3) is 0.933. The second-order valence-corrected chi connectivity index (χ2v) is 6.55. The molecule has 2 aliphatic rings. The maximum absolute atomic E-state index is 12.4. The van der Waals surface area contributed by atoms with E-state index < -0.39 is 5.41 Å². The molecule has 110 valence electrons. The van der Waals surface area contributed by atoms with Crippen molar-refractivity contribution >= 4 is 5.91 Å². The zero-order valence-electron chi connectivity index (χ0n) is 12.3. The second kappa shape index (κ2) is 6.23. The minimum atomic E-state index is -0.557. The van der Waals surface area contributed by atoms with Gasteiger partial charge in [0.05, 0.1) is 18.6 Å². The largest absolute Gasteiger partial charge is 0.379 e. The molecule has 2 rings (SSSR count). The number of carbonyl (C=O) groups excluding carboxylic acids is 1. The first-order valence-corrected chi connectivity index (χ1v) is 7.68. The molecule has 1 saturated carbocycles. The van der Waals surface area contributed by atoms with E-state index >= 15 is 0 Å². The quantitative estimate of drug-likeness (QED) is 0.767. The van der Waals surface area contributed by atoms with Gasteiger partial charge in [0.2, 0.25) is 5.91 Å². The van der Waals surface area contributed by atoms with Gasteiger partial charge in [-0.25, -0.2) is 0 Å². The number of nitrogens with two attached hydrogens (primary N) is 1. The highest BCUT2D eigenvalue weighted by Crippen LogP contribution is 2.29. The Kier molecular flexibility index (Phi) is 4.85. The van der Waals surface area contributed by atoms with Gasteiger partial charge in [0, 0.05) is 12.1 Å². The Morgan fingerprint density at radius 1 is 1.32 bits per heavy atom. The lowest BCUT2D eigenvalue weighted by molar-refractivity contribution is -0.131. The fourth-order valence-electron chi connectivity index (χ4n) is 3.22. The number of nitrogens with one attached hydrogen (secondary N) is 1. The highest BCUT2D eigenvalue weighted by molar-refractivity contribution is 5.83. The van der Waals surface area contributed by atoms with Crippen LogP contribution in [0, 0.1) is 11.3 Å². The van der Waals surface area contributed by atoms with Crippen LogP contribution in [-0.2, 0) is 9.53 Å². The summed E-state index contributed by atoms with van der Waals surface area (Å²) < 4.78 is 5.35. The first-order valence-electron chi connectivity index (χ1n) is 7.68. The molecule has 0 aromatic rings. The number of ether oxygens (including phenoxy) is 1. The highest BCUT2D eigenvalue weighted by Gasteiger charge is 2.44. The summed E-state index contributed by atoms with van der Waals surface area (Å²) in [5, 5.41) is 3.19. The van der Waals surface area contributed by atoms with Gasteiger partial charge in [-0.2, -0.15) is 0 Å². The van der Waals surface area contributed by atoms with E-state index in [1.165, 1.54) is 38.5 Å². The van der Waals surface area contributed by atoms with E-state index in [-0.39, 0.29) is 18.0 Å². The standard InChI is InChI=1S/C15H28N2O2/c1-11(12-7-5-3-4-6-8-12)17-14(18)15(2)10-19-9-13(15)16/h11-13H,3-10,16H2,1-2H3,(H,17,18)/t11-,13?,15?/m1/s1. The summed E-state index contributed by atoms with van der Waals surface area (Å²) in [6.07, 6.45) is 7.75. The SMILES string of the molecule is C[C@@H](NC(=O)C1(C)COCC1N)C1CCCCCC1. The zero-order chi connectivity index (χ0) is 13.9. The number of rotatable bonds is 3. The van der Waals surface area contributed by atoms with Gasteiger partial charge >= 0.3 is 0 Å². The van der Waals surface area contributed by atoms with E-state index in [0.29, 0.717) is 19.1 Å². The van der Waals surface area contributed by atoms with Crippen molar-refractivity contribution in [3.05, 3.63) is 0 Å².